The number of halogens is 1. The lowest BCUT2D eigenvalue weighted by molar-refractivity contribution is -0.120. The van der Waals surface area contributed by atoms with Gasteiger partial charge in [-0.05, 0) is 76.8 Å². The molecule has 14 heteroatoms. The summed E-state index contributed by atoms with van der Waals surface area (Å²) in [6.07, 6.45) is 10.9. The number of benzene rings is 2. The maximum Gasteiger partial charge on any atom is 0.332 e. The fourth-order valence-corrected chi connectivity index (χ4v) is 8.13. The minimum atomic E-state index is -1.45. The molecule has 2 saturated carbocycles. The molecule has 2 amide bonds. The van der Waals surface area contributed by atoms with Crippen LogP contribution in [0.3, 0.4) is 0 Å². The molecule has 326 valence electrons. The first kappa shape index (κ1) is 47.6. The molecule has 4 aliphatic heterocycles. The summed E-state index contributed by atoms with van der Waals surface area (Å²) in [6.45, 7) is 9.31. The van der Waals surface area contributed by atoms with Crippen LogP contribution in [-0.2, 0) is 16.1 Å². The highest BCUT2D eigenvalue weighted by molar-refractivity contribution is 5.88. The van der Waals surface area contributed by atoms with E-state index < -0.39 is 6.04 Å². The van der Waals surface area contributed by atoms with Gasteiger partial charge >= 0.3 is 6.04 Å². The fraction of sp³-hybridized carbons (Fsp3) is 0.426. The van der Waals surface area contributed by atoms with Crippen molar-refractivity contribution in [3.63, 3.8) is 0 Å². The second-order valence-corrected chi connectivity index (χ2v) is 15.0. The van der Waals surface area contributed by atoms with Gasteiger partial charge in [-0.25, -0.2) is 9.97 Å². The number of carbonyl (C=O) groups is 3. The standard InChI is InChI=1S/C21H23N3O3.C14H10FNO3.C7H12N2O.C2H2.3CH4/c1-13(25)23-20-16-10-24(11-17(16)20)9-14-4-6-15(7-5-14)19-12-26-18-3-2-8-22-21(18)27-19;15-13(17)10-5-3-9(4-6-10)12-8-18-11-2-1-7-16-14(11)19-12;1-4(10)9-7-5-2-8-3-6(5)7;1-2;;;/h2-8,16-17,19-20H,9-12H2,1H3,(H,23,25);1-7,12H,8H2;5-8H,2-3H2,1H3,(H,9,10);1-2H;3*1H4/t16-,17+,19-,20?;12-;5-,6+,7?;;;;/m11...../s1. The summed E-state index contributed by atoms with van der Waals surface area (Å²) in [5.41, 5.74) is 3.23. The van der Waals surface area contributed by atoms with Gasteiger partial charge < -0.3 is 34.9 Å². The van der Waals surface area contributed by atoms with E-state index in [-0.39, 0.29) is 51.9 Å². The number of amides is 2. The number of ether oxygens (including phenoxy) is 4. The Hall–Kier alpha value is -6.04. The molecule has 6 heterocycles. The quantitative estimate of drug-likeness (QED) is 0.141. The number of pyridine rings is 2. The molecule has 2 aromatic heterocycles. The number of hydrogen-bond acceptors (Lipinski definition) is 11. The van der Waals surface area contributed by atoms with Crippen molar-refractivity contribution in [3.8, 4) is 36.1 Å². The zero-order valence-corrected chi connectivity index (χ0v) is 32.4. The molecule has 0 spiro atoms. The number of terminal acetylenes is 1. The maximum absolute atomic E-state index is 12.5. The Bertz CT molecular complexity index is 2080. The Morgan fingerprint density at radius 3 is 1.59 bits per heavy atom. The van der Waals surface area contributed by atoms with Crippen LogP contribution in [0.4, 0.5) is 4.39 Å². The van der Waals surface area contributed by atoms with Gasteiger partial charge in [-0.2, -0.15) is 4.39 Å². The summed E-state index contributed by atoms with van der Waals surface area (Å²) in [5, 5.41) is 9.27. The van der Waals surface area contributed by atoms with Crippen molar-refractivity contribution in [1.82, 2.24) is 30.8 Å². The molecule has 6 aliphatic rings. The van der Waals surface area contributed by atoms with Gasteiger partial charge in [-0.15, -0.1) is 12.8 Å². The van der Waals surface area contributed by atoms with Gasteiger partial charge in [0, 0.05) is 71.0 Å². The largest absolute Gasteiger partial charge is 0.484 e. The molecule has 4 aromatic rings. The van der Waals surface area contributed by atoms with E-state index in [2.05, 4.69) is 67.9 Å². The average Bonchev–Trinajstić information content (AvgIpc) is 3.84. The molecule has 2 aliphatic carbocycles. The number of carbonyl (C=O) groups excluding carboxylic acids is 3. The Kier molecular flexibility index (Phi) is 16.8. The third kappa shape index (κ3) is 11.6. The zero-order chi connectivity index (χ0) is 40.8. The van der Waals surface area contributed by atoms with Crippen LogP contribution in [0.25, 0.3) is 0 Å². The van der Waals surface area contributed by atoms with Gasteiger partial charge in [0.2, 0.25) is 11.8 Å². The second kappa shape index (κ2) is 21.5. The lowest BCUT2D eigenvalue weighted by Gasteiger charge is -2.26. The molecule has 8 atom stereocenters. The van der Waals surface area contributed by atoms with E-state index >= 15 is 0 Å². The van der Waals surface area contributed by atoms with E-state index in [1.807, 2.05) is 12.1 Å². The highest BCUT2D eigenvalue weighted by atomic mass is 19.1. The molecule has 13 nitrogen and oxygen atoms in total. The number of likely N-dealkylation sites (tertiary alicyclic amines) is 1. The predicted octanol–water partition coefficient (Wildman–Crippen LogP) is 6.36. The molecule has 3 N–H and O–H groups in total. The molecule has 0 bridgehead atoms. The summed E-state index contributed by atoms with van der Waals surface area (Å²) in [6, 6.07) is 21.4. The third-order valence-electron chi connectivity index (χ3n) is 11.1. The van der Waals surface area contributed by atoms with Crippen molar-refractivity contribution >= 4 is 17.9 Å². The molecular weight excluding hydrogens is 780 g/mol. The summed E-state index contributed by atoms with van der Waals surface area (Å²) >= 11 is 0. The van der Waals surface area contributed by atoms with E-state index in [4.69, 9.17) is 18.9 Å². The maximum atomic E-state index is 12.5. The van der Waals surface area contributed by atoms with Crippen LogP contribution in [0.1, 0.15) is 75.4 Å². The van der Waals surface area contributed by atoms with Crippen LogP contribution in [0.5, 0.6) is 23.3 Å². The molecule has 2 aromatic carbocycles. The molecule has 4 fully saturated rings. The van der Waals surface area contributed by atoms with Gasteiger partial charge in [0.05, 0.1) is 5.56 Å². The second-order valence-electron chi connectivity index (χ2n) is 15.0. The van der Waals surface area contributed by atoms with Crippen LogP contribution in [-0.4, -0.2) is 84.2 Å². The molecule has 2 unspecified atom stereocenters. The number of fused-ring (bicyclic) bond motifs is 4. The minimum absolute atomic E-state index is 0. The van der Waals surface area contributed by atoms with Crippen LogP contribution >= 0.6 is 0 Å². The summed E-state index contributed by atoms with van der Waals surface area (Å²) in [4.78, 5) is 43.1. The molecule has 10 rings (SSSR count). The zero-order valence-electron chi connectivity index (χ0n) is 32.4. The van der Waals surface area contributed by atoms with E-state index in [1.54, 1.807) is 50.5 Å². The number of nitrogens with one attached hydrogen (secondary N) is 3. The number of rotatable bonds is 7. The smallest absolute Gasteiger partial charge is 0.332 e. The highest BCUT2D eigenvalue weighted by Gasteiger charge is 2.56. The summed E-state index contributed by atoms with van der Waals surface area (Å²) < 4.78 is 35.5. The van der Waals surface area contributed by atoms with Crippen molar-refractivity contribution in [1.29, 1.82) is 0 Å². The molecular formula is C47H59FN6O7. The van der Waals surface area contributed by atoms with Gasteiger partial charge in [0.25, 0.3) is 11.8 Å². The lowest BCUT2D eigenvalue weighted by Crippen LogP contribution is -2.33. The number of hydrogen-bond donors (Lipinski definition) is 3. The third-order valence-corrected chi connectivity index (χ3v) is 11.1. The minimum Gasteiger partial charge on any atom is -0.484 e. The van der Waals surface area contributed by atoms with Gasteiger partial charge in [-0.3, -0.25) is 19.3 Å². The fourth-order valence-electron chi connectivity index (χ4n) is 8.13. The average molecular weight is 839 g/mol. The van der Waals surface area contributed by atoms with Crippen LogP contribution < -0.4 is 34.9 Å². The first-order chi connectivity index (χ1) is 28.2. The van der Waals surface area contributed by atoms with Crippen molar-refractivity contribution in [3.05, 3.63) is 107 Å². The van der Waals surface area contributed by atoms with Crippen molar-refractivity contribution in [2.24, 2.45) is 23.7 Å². The Morgan fingerprint density at radius 2 is 1.15 bits per heavy atom. The summed E-state index contributed by atoms with van der Waals surface area (Å²) in [5.74, 6) is 5.25. The van der Waals surface area contributed by atoms with E-state index in [9.17, 15) is 18.8 Å². The van der Waals surface area contributed by atoms with Crippen molar-refractivity contribution < 1.29 is 37.7 Å². The lowest BCUT2D eigenvalue weighted by atomic mass is 10.1. The number of piperidine rings is 2. The molecule has 61 heavy (non-hydrogen) atoms. The first-order valence-corrected chi connectivity index (χ1v) is 19.4. The van der Waals surface area contributed by atoms with E-state index in [1.165, 1.54) is 17.7 Å². The van der Waals surface area contributed by atoms with Gasteiger partial charge in [0.15, 0.2) is 23.7 Å². The van der Waals surface area contributed by atoms with Gasteiger partial charge in [-0.1, -0.05) is 58.7 Å². The monoisotopic (exact) mass is 838 g/mol. The Morgan fingerprint density at radius 1 is 0.705 bits per heavy atom. The Labute approximate surface area is 359 Å². The molecule has 2 saturated heterocycles. The van der Waals surface area contributed by atoms with Gasteiger partial charge in [0.1, 0.15) is 13.2 Å². The molecule has 0 radical (unpaired) electrons. The van der Waals surface area contributed by atoms with Crippen molar-refractivity contribution in [2.45, 2.75) is 67.0 Å². The normalized spacial score (nSPS) is 24.9. The van der Waals surface area contributed by atoms with Crippen LogP contribution in [0.15, 0.2) is 85.2 Å². The number of nitrogens with zero attached hydrogens (tertiary/aromatic N) is 3. The van der Waals surface area contributed by atoms with Crippen LogP contribution in [0, 0.1) is 36.5 Å². The highest BCUT2D eigenvalue weighted by Crippen LogP contribution is 2.46. The first-order valence-electron chi connectivity index (χ1n) is 19.4. The summed E-state index contributed by atoms with van der Waals surface area (Å²) in [7, 11) is 0. The van der Waals surface area contributed by atoms with Crippen molar-refractivity contribution in [2.75, 3.05) is 39.4 Å². The van der Waals surface area contributed by atoms with Crippen LogP contribution in [0.2, 0.25) is 0 Å². The van der Waals surface area contributed by atoms with E-state index in [0.717, 1.165) is 55.7 Å². The topological polar surface area (TPSA) is 153 Å². The SMILES string of the molecule is C.C.C.C#C.CC(=O)NC1[C@H]2CN(Cc3ccc([C@H]4COc5cccnc5O4)cc3)C[C@@H]12.CC(=O)NC1[C@H]2CNC[C@@H]12.O=C(F)c1ccc([C@H]2COc3cccnc3O2)cc1. The Balaban J connectivity index is 0.000000210. The number of aromatic nitrogens is 2. The predicted molar refractivity (Wildman–Crippen MR) is 232 cm³/mol. The van der Waals surface area contributed by atoms with E-state index in [0.29, 0.717) is 60.4 Å².